The maximum Gasteiger partial charge on any atom is 0.416 e. The smallest absolute Gasteiger partial charge is 0.384 e. The Morgan fingerprint density at radius 2 is 1.71 bits per heavy atom. The van der Waals surface area contributed by atoms with Crippen molar-refractivity contribution in [1.82, 2.24) is 5.32 Å². The van der Waals surface area contributed by atoms with Gasteiger partial charge in [0.05, 0.1) is 5.56 Å². The molecule has 17 heavy (non-hydrogen) atoms. The lowest BCUT2D eigenvalue weighted by Crippen LogP contribution is -2.23. The first kappa shape index (κ1) is 12.2. The maximum atomic E-state index is 12.3. The number of nitrogens with one attached hydrogen (secondary N) is 2. The third-order valence-corrected chi connectivity index (χ3v) is 2.68. The minimum atomic E-state index is -4.26. The van der Waals surface area contributed by atoms with Gasteiger partial charge in [-0.15, -0.1) is 0 Å². The molecule has 1 aliphatic carbocycles. The summed E-state index contributed by atoms with van der Waals surface area (Å²) in [5, 5.41) is 6.40. The minimum absolute atomic E-state index is 0.612. The summed E-state index contributed by atoms with van der Waals surface area (Å²) in [5.74, 6) is 0. The van der Waals surface area contributed by atoms with E-state index in [-0.39, 0.29) is 0 Å². The summed E-state index contributed by atoms with van der Waals surface area (Å²) < 4.78 is 36.9. The van der Waals surface area contributed by atoms with E-state index in [4.69, 9.17) is 0 Å². The molecular weight excluding hydrogens is 229 g/mol. The van der Waals surface area contributed by atoms with Crippen LogP contribution in [-0.2, 0) is 6.18 Å². The lowest BCUT2D eigenvalue weighted by molar-refractivity contribution is -0.137. The summed E-state index contributed by atoms with van der Waals surface area (Å²) in [6.07, 6.45) is -1.79. The molecule has 0 saturated heterocycles. The Bertz CT molecular complexity index is 355. The van der Waals surface area contributed by atoms with E-state index in [1.807, 2.05) is 0 Å². The first-order chi connectivity index (χ1) is 8.05. The average Bonchev–Trinajstić information content (AvgIpc) is 3.08. The van der Waals surface area contributed by atoms with Crippen molar-refractivity contribution in [2.24, 2.45) is 0 Å². The van der Waals surface area contributed by atoms with Crippen molar-refractivity contribution in [3.63, 3.8) is 0 Å². The highest BCUT2D eigenvalue weighted by Crippen LogP contribution is 2.29. The normalized spacial score (nSPS) is 15.9. The van der Waals surface area contributed by atoms with Crippen molar-refractivity contribution in [3.05, 3.63) is 29.8 Å². The molecule has 0 aliphatic heterocycles. The predicted molar refractivity (Wildman–Crippen MR) is 61.0 cm³/mol. The summed E-state index contributed by atoms with van der Waals surface area (Å²) in [4.78, 5) is 0. The van der Waals surface area contributed by atoms with E-state index >= 15 is 0 Å². The number of anilines is 1. The molecule has 0 radical (unpaired) electrons. The second-order valence-corrected chi connectivity index (χ2v) is 4.23. The fourth-order valence-corrected chi connectivity index (χ4v) is 1.55. The monoisotopic (exact) mass is 244 g/mol. The van der Waals surface area contributed by atoms with Gasteiger partial charge in [0.1, 0.15) is 0 Å². The van der Waals surface area contributed by atoms with Crippen LogP contribution >= 0.6 is 0 Å². The number of hydrogen-bond donors (Lipinski definition) is 2. The van der Waals surface area contributed by atoms with E-state index in [0.29, 0.717) is 6.04 Å². The summed E-state index contributed by atoms with van der Waals surface area (Å²) in [6.45, 7) is 1.56. The van der Waals surface area contributed by atoms with E-state index < -0.39 is 11.7 Å². The van der Waals surface area contributed by atoms with Crippen molar-refractivity contribution in [3.8, 4) is 0 Å². The van der Waals surface area contributed by atoms with Gasteiger partial charge in [-0.3, -0.25) is 0 Å². The van der Waals surface area contributed by atoms with Crippen molar-refractivity contribution in [2.45, 2.75) is 25.1 Å². The highest BCUT2D eigenvalue weighted by atomic mass is 19.4. The molecule has 0 spiro atoms. The number of rotatable bonds is 5. The molecule has 1 aromatic carbocycles. The standard InChI is InChI=1S/C12H15F3N2/c13-12(14,15)9-1-3-10(4-2-9)16-7-8-17-11-5-6-11/h1-4,11,16-17H,5-8H2. The fourth-order valence-electron chi connectivity index (χ4n) is 1.55. The van der Waals surface area contributed by atoms with Gasteiger partial charge in [-0.05, 0) is 37.1 Å². The highest BCUT2D eigenvalue weighted by Gasteiger charge is 2.29. The van der Waals surface area contributed by atoms with Crippen molar-refractivity contribution in [2.75, 3.05) is 18.4 Å². The Balaban J connectivity index is 1.76. The molecule has 1 aliphatic rings. The molecule has 0 heterocycles. The molecule has 0 unspecified atom stereocenters. The average molecular weight is 244 g/mol. The van der Waals surface area contributed by atoms with Crippen LogP contribution in [0.4, 0.5) is 18.9 Å². The van der Waals surface area contributed by atoms with Crippen LogP contribution in [0, 0.1) is 0 Å². The molecular formula is C12H15F3N2. The molecule has 94 valence electrons. The van der Waals surface area contributed by atoms with Crippen LogP contribution in [0.15, 0.2) is 24.3 Å². The molecule has 1 aromatic rings. The molecule has 2 nitrogen and oxygen atoms in total. The second-order valence-electron chi connectivity index (χ2n) is 4.23. The van der Waals surface area contributed by atoms with Gasteiger partial charge in [0.25, 0.3) is 0 Å². The molecule has 2 rings (SSSR count). The molecule has 0 aromatic heterocycles. The first-order valence-corrected chi connectivity index (χ1v) is 5.70. The SMILES string of the molecule is FC(F)(F)c1ccc(NCCNC2CC2)cc1. The predicted octanol–water partition coefficient (Wildman–Crippen LogP) is 2.87. The molecule has 5 heteroatoms. The van der Waals surface area contributed by atoms with Gasteiger partial charge in [0, 0.05) is 24.8 Å². The first-order valence-electron chi connectivity index (χ1n) is 5.70. The van der Waals surface area contributed by atoms with Crippen LogP contribution in [0.3, 0.4) is 0 Å². The Hall–Kier alpha value is -1.23. The van der Waals surface area contributed by atoms with Crippen molar-refractivity contribution < 1.29 is 13.2 Å². The highest BCUT2D eigenvalue weighted by molar-refractivity contribution is 5.45. The largest absolute Gasteiger partial charge is 0.416 e. The molecule has 2 N–H and O–H groups in total. The minimum Gasteiger partial charge on any atom is -0.384 e. The maximum absolute atomic E-state index is 12.3. The summed E-state index contributed by atoms with van der Waals surface area (Å²) in [7, 11) is 0. The number of alkyl halides is 3. The topological polar surface area (TPSA) is 24.1 Å². The second kappa shape index (κ2) is 4.96. The lowest BCUT2D eigenvalue weighted by atomic mass is 10.2. The lowest BCUT2D eigenvalue weighted by Gasteiger charge is -2.09. The molecule has 1 fully saturated rings. The van der Waals surface area contributed by atoms with E-state index in [1.165, 1.54) is 25.0 Å². The van der Waals surface area contributed by atoms with Gasteiger partial charge >= 0.3 is 6.18 Å². The van der Waals surface area contributed by atoms with E-state index in [1.54, 1.807) is 0 Å². The molecule has 0 bridgehead atoms. The van der Waals surface area contributed by atoms with Crippen LogP contribution in [0.25, 0.3) is 0 Å². The molecule has 0 atom stereocenters. The van der Waals surface area contributed by atoms with Gasteiger partial charge in [-0.25, -0.2) is 0 Å². The van der Waals surface area contributed by atoms with Crippen LogP contribution in [0.1, 0.15) is 18.4 Å². The van der Waals surface area contributed by atoms with Crippen LogP contribution in [0.5, 0.6) is 0 Å². The number of halogens is 3. The van der Waals surface area contributed by atoms with E-state index in [9.17, 15) is 13.2 Å². The van der Waals surface area contributed by atoms with Crippen molar-refractivity contribution >= 4 is 5.69 Å². The third-order valence-electron chi connectivity index (χ3n) is 2.68. The third kappa shape index (κ3) is 3.93. The fraction of sp³-hybridized carbons (Fsp3) is 0.500. The van der Waals surface area contributed by atoms with Crippen LogP contribution < -0.4 is 10.6 Å². The van der Waals surface area contributed by atoms with Crippen molar-refractivity contribution in [1.29, 1.82) is 0 Å². The summed E-state index contributed by atoms with van der Waals surface area (Å²) in [5.41, 5.74) is 0.106. The quantitative estimate of drug-likeness (QED) is 0.778. The number of benzene rings is 1. The van der Waals surface area contributed by atoms with Crippen LogP contribution in [0.2, 0.25) is 0 Å². The van der Waals surface area contributed by atoms with Gasteiger partial charge in [0.15, 0.2) is 0 Å². The Morgan fingerprint density at radius 3 is 2.24 bits per heavy atom. The summed E-state index contributed by atoms with van der Waals surface area (Å²) >= 11 is 0. The molecule has 1 saturated carbocycles. The Kier molecular flexibility index (Phi) is 3.57. The van der Waals surface area contributed by atoms with E-state index in [2.05, 4.69) is 10.6 Å². The number of hydrogen-bond acceptors (Lipinski definition) is 2. The van der Waals surface area contributed by atoms with Crippen LogP contribution in [-0.4, -0.2) is 19.1 Å². The Labute approximate surface area is 98.2 Å². The molecule has 0 amide bonds. The Morgan fingerprint density at radius 1 is 1.06 bits per heavy atom. The zero-order valence-electron chi connectivity index (χ0n) is 9.35. The van der Waals surface area contributed by atoms with E-state index in [0.717, 1.165) is 30.9 Å². The summed E-state index contributed by atoms with van der Waals surface area (Å²) in [6, 6.07) is 5.76. The van der Waals surface area contributed by atoms with Gasteiger partial charge < -0.3 is 10.6 Å². The zero-order valence-corrected chi connectivity index (χ0v) is 9.35. The van der Waals surface area contributed by atoms with Gasteiger partial charge in [-0.1, -0.05) is 0 Å². The zero-order chi connectivity index (χ0) is 12.3. The van der Waals surface area contributed by atoms with Gasteiger partial charge in [-0.2, -0.15) is 13.2 Å². The van der Waals surface area contributed by atoms with Gasteiger partial charge in [0.2, 0.25) is 0 Å².